The maximum Gasteiger partial charge on any atom is 0.192 e. The van der Waals surface area contributed by atoms with Gasteiger partial charge in [-0.3, -0.25) is 4.98 Å². The molecule has 4 nitrogen and oxygen atoms in total. The van der Waals surface area contributed by atoms with E-state index in [0.29, 0.717) is 10.5 Å². The van der Waals surface area contributed by atoms with Crippen LogP contribution in [0.1, 0.15) is 5.69 Å². The first kappa shape index (κ1) is 10.9. The van der Waals surface area contributed by atoms with Gasteiger partial charge in [-0.2, -0.15) is 0 Å². The molecule has 0 aliphatic carbocycles. The van der Waals surface area contributed by atoms with Gasteiger partial charge in [0.2, 0.25) is 0 Å². The number of para-hydroxylation sites is 2. The molecule has 2 heterocycles. The van der Waals surface area contributed by atoms with Crippen molar-refractivity contribution in [3.8, 4) is 0 Å². The van der Waals surface area contributed by atoms with Gasteiger partial charge in [0.05, 0.1) is 26.7 Å². The maximum absolute atomic E-state index is 12.1. The highest BCUT2D eigenvalue weighted by molar-refractivity contribution is 7.76. The first-order valence-corrected chi connectivity index (χ1v) is 6.71. The highest BCUT2D eigenvalue weighted by Gasteiger charge is 1.93. The Bertz CT molecular complexity index is 824. The summed E-state index contributed by atoms with van der Waals surface area (Å²) in [7, 11) is -1.27. The summed E-state index contributed by atoms with van der Waals surface area (Å²) in [4.78, 5) is 10.3. The lowest BCUT2D eigenvalue weighted by molar-refractivity contribution is 0.697. The Kier molecular flexibility index (Phi) is 2.74. The number of fused-ring (bicyclic) bond motifs is 1. The van der Waals surface area contributed by atoms with Crippen molar-refractivity contribution in [2.75, 3.05) is 0 Å². The Morgan fingerprint density at radius 2 is 1.67 bits per heavy atom. The molecule has 2 N–H and O–H groups in total. The molecule has 0 saturated carbocycles. The quantitative estimate of drug-likeness (QED) is 0.655. The molecule has 0 aliphatic heterocycles. The van der Waals surface area contributed by atoms with E-state index in [-0.39, 0.29) is 0 Å². The molecule has 0 spiro atoms. The predicted molar refractivity (Wildman–Crippen MR) is 73.4 cm³/mol. The lowest BCUT2D eigenvalue weighted by Gasteiger charge is -1.85. The van der Waals surface area contributed by atoms with Crippen molar-refractivity contribution in [3.05, 3.63) is 59.1 Å². The summed E-state index contributed by atoms with van der Waals surface area (Å²) in [6, 6.07) is 13.3. The van der Waals surface area contributed by atoms with Crippen LogP contribution in [0.3, 0.4) is 0 Å². The molecule has 0 aliphatic rings. The van der Waals surface area contributed by atoms with Gasteiger partial charge < -0.3 is 9.97 Å². The number of rotatable bonds is 1. The van der Waals surface area contributed by atoms with E-state index in [0.717, 1.165) is 11.0 Å². The van der Waals surface area contributed by atoms with Crippen molar-refractivity contribution in [2.45, 2.75) is 0 Å². The Morgan fingerprint density at radius 1 is 1.00 bits per heavy atom. The molecule has 18 heavy (non-hydrogen) atoms. The first-order valence-electron chi connectivity index (χ1n) is 5.49. The molecule has 0 atom stereocenters. The number of benzene rings is 1. The molecular formula is C13H11N3OS. The van der Waals surface area contributed by atoms with E-state index < -0.39 is 9.98 Å². The van der Waals surface area contributed by atoms with E-state index in [2.05, 4.69) is 15.0 Å². The Labute approximate surface area is 105 Å². The van der Waals surface area contributed by atoms with Crippen molar-refractivity contribution in [3.63, 3.8) is 0 Å². The van der Waals surface area contributed by atoms with E-state index in [1.165, 1.54) is 0 Å². The van der Waals surface area contributed by atoms with Crippen LogP contribution in [0.25, 0.3) is 11.0 Å². The Hall–Kier alpha value is -2.27. The van der Waals surface area contributed by atoms with Gasteiger partial charge in [-0.05, 0) is 24.3 Å². The number of hydrogen-bond acceptors (Lipinski definition) is 2. The summed E-state index contributed by atoms with van der Waals surface area (Å²) in [6.07, 6.45) is 1.68. The van der Waals surface area contributed by atoms with E-state index >= 15 is 0 Å². The fraction of sp³-hybridized carbons (Fsp3) is 0. The summed E-state index contributed by atoms with van der Waals surface area (Å²) in [5, 5.41) is 1.61. The van der Waals surface area contributed by atoms with Gasteiger partial charge in [-0.1, -0.05) is 18.2 Å². The molecule has 0 fully saturated rings. The molecule has 2 aromatic heterocycles. The van der Waals surface area contributed by atoms with E-state index in [9.17, 15) is 4.21 Å². The zero-order chi connectivity index (χ0) is 12.4. The molecule has 0 radical (unpaired) electrons. The van der Waals surface area contributed by atoms with Crippen LogP contribution < -0.4 is 0 Å². The minimum Gasteiger partial charge on any atom is -0.330 e. The van der Waals surface area contributed by atoms with Crippen molar-refractivity contribution >= 4 is 26.4 Å². The summed E-state index contributed by atoms with van der Waals surface area (Å²) >= 11 is 0. The fourth-order valence-corrected chi connectivity index (χ4v) is 2.59. The van der Waals surface area contributed by atoms with Crippen LogP contribution in [-0.2, 0) is 9.98 Å². The minimum atomic E-state index is -1.27. The molecule has 0 amide bonds. The monoisotopic (exact) mass is 257 g/mol. The van der Waals surface area contributed by atoms with Crippen LogP contribution in [-0.4, -0.2) is 24.5 Å². The number of hydrogen-bond donors (Lipinski definition) is 2. The van der Waals surface area contributed by atoms with Crippen LogP contribution in [0.5, 0.6) is 0 Å². The molecular weight excluding hydrogens is 246 g/mol. The van der Waals surface area contributed by atoms with Gasteiger partial charge in [-0.25, -0.2) is 4.21 Å². The smallest absolute Gasteiger partial charge is 0.192 e. The second-order valence-electron chi connectivity index (χ2n) is 3.79. The van der Waals surface area contributed by atoms with Crippen LogP contribution in [0, 0.1) is 4.77 Å². The summed E-state index contributed by atoms with van der Waals surface area (Å²) in [6.45, 7) is 0. The number of nitrogens with zero attached hydrogens (tertiary/aromatic N) is 1. The normalized spacial score (nSPS) is 10.4. The Balaban J connectivity index is 2.26. The lowest BCUT2D eigenvalue weighted by atomic mass is 10.3. The molecule has 90 valence electrons. The summed E-state index contributed by atoms with van der Waals surface area (Å²) in [5.41, 5.74) is 2.58. The number of H-pyrrole nitrogens is 2. The number of aromatic nitrogens is 3. The zero-order valence-corrected chi connectivity index (χ0v) is 10.3. The molecule has 3 rings (SSSR count). The van der Waals surface area contributed by atoms with Gasteiger partial charge in [-0.15, -0.1) is 0 Å². The summed E-state index contributed by atoms with van der Waals surface area (Å²) < 4.78 is 12.7. The van der Waals surface area contributed by atoms with Crippen molar-refractivity contribution in [1.82, 2.24) is 15.0 Å². The highest BCUT2D eigenvalue weighted by atomic mass is 32.1. The van der Waals surface area contributed by atoms with Crippen molar-refractivity contribution in [2.24, 2.45) is 0 Å². The second-order valence-corrected chi connectivity index (χ2v) is 5.03. The number of pyridine rings is 1. The van der Waals surface area contributed by atoms with E-state index in [1.54, 1.807) is 11.6 Å². The van der Waals surface area contributed by atoms with Gasteiger partial charge in [0.25, 0.3) is 0 Å². The van der Waals surface area contributed by atoms with Crippen LogP contribution in [0.2, 0.25) is 0 Å². The van der Waals surface area contributed by atoms with Gasteiger partial charge in [0, 0.05) is 11.6 Å². The zero-order valence-electron chi connectivity index (χ0n) is 9.46. The molecule has 0 saturated heterocycles. The van der Waals surface area contributed by atoms with E-state index in [4.69, 9.17) is 0 Å². The van der Waals surface area contributed by atoms with Crippen LogP contribution >= 0.6 is 0 Å². The van der Waals surface area contributed by atoms with Crippen LogP contribution in [0.15, 0.2) is 48.7 Å². The Morgan fingerprint density at radius 3 is 2.28 bits per heavy atom. The molecule has 0 bridgehead atoms. The highest BCUT2D eigenvalue weighted by Crippen LogP contribution is 2.06. The number of aromatic amines is 2. The second kappa shape index (κ2) is 4.54. The SMILES string of the molecule is O=S(=Cc1ccccn1)=c1[nH]c2ccccc2[nH]1. The molecule has 0 unspecified atom stereocenters. The molecule has 5 heteroatoms. The predicted octanol–water partition coefficient (Wildman–Crippen LogP) is 2.02. The van der Waals surface area contributed by atoms with Crippen molar-refractivity contribution in [1.29, 1.82) is 0 Å². The number of nitrogens with one attached hydrogen (secondary N) is 2. The average Bonchev–Trinajstić information content (AvgIpc) is 2.84. The standard InChI is InChI=1S/C13H11N3OS/c17-18(9-10-5-3-4-8-14-10)13-15-11-6-1-2-7-12(11)16-13/h1-9,15-16H. The molecule has 1 aromatic carbocycles. The molecule has 3 aromatic rings. The fourth-order valence-electron chi connectivity index (χ4n) is 1.69. The summed E-state index contributed by atoms with van der Waals surface area (Å²) in [5.74, 6) is 0. The maximum atomic E-state index is 12.1. The first-order chi connectivity index (χ1) is 8.83. The van der Waals surface area contributed by atoms with E-state index in [1.807, 2.05) is 42.5 Å². The third-order valence-corrected chi connectivity index (χ3v) is 3.60. The topological polar surface area (TPSA) is 61.5 Å². The third-order valence-electron chi connectivity index (χ3n) is 2.54. The van der Waals surface area contributed by atoms with Gasteiger partial charge in [0.1, 0.15) is 0 Å². The van der Waals surface area contributed by atoms with Crippen molar-refractivity contribution < 1.29 is 4.21 Å². The minimum absolute atomic E-state index is 0.571. The number of imidazole rings is 1. The third kappa shape index (κ3) is 2.08. The van der Waals surface area contributed by atoms with Gasteiger partial charge in [0.15, 0.2) is 4.77 Å². The van der Waals surface area contributed by atoms with Gasteiger partial charge >= 0.3 is 0 Å². The van der Waals surface area contributed by atoms with Crippen LogP contribution in [0.4, 0.5) is 0 Å². The average molecular weight is 257 g/mol. The lowest BCUT2D eigenvalue weighted by Crippen LogP contribution is -1.86. The largest absolute Gasteiger partial charge is 0.330 e.